The van der Waals surface area contributed by atoms with Gasteiger partial charge in [0.25, 0.3) is 0 Å². The first-order chi connectivity index (χ1) is 9.22. The number of hydrogen-bond donors (Lipinski definition) is 1. The van der Waals surface area contributed by atoms with Gasteiger partial charge < -0.3 is 4.90 Å². The molecule has 1 N–H and O–H groups in total. The molecule has 1 saturated heterocycles. The fourth-order valence-electron chi connectivity index (χ4n) is 2.49. The second-order valence-corrected chi connectivity index (χ2v) is 6.44. The zero-order valence-corrected chi connectivity index (χ0v) is 12.4. The van der Waals surface area contributed by atoms with Crippen LogP contribution in [0.3, 0.4) is 0 Å². The SMILES string of the molecule is CC(NN1CCN(C)CC1)c1cc2ccccc2s1. The summed E-state index contributed by atoms with van der Waals surface area (Å²) >= 11 is 1.89. The number of piperazine rings is 1. The molecule has 0 spiro atoms. The van der Waals surface area contributed by atoms with Gasteiger partial charge in [-0.3, -0.25) is 0 Å². The molecule has 2 aromatic rings. The van der Waals surface area contributed by atoms with Crippen molar-refractivity contribution in [2.45, 2.75) is 13.0 Å². The summed E-state index contributed by atoms with van der Waals surface area (Å²) in [5.41, 5.74) is 3.63. The standard InChI is InChI=1S/C15H21N3S/c1-12(16-18-9-7-17(2)8-10-18)15-11-13-5-3-4-6-14(13)19-15/h3-6,11-12,16H,7-10H2,1-2H3. The molecule has 1 fully saturated rings. The first kappa shape index (κ1) is 13.1. The molecule has 102 valence electrons. The number of nitrogens with one attached hydrogen (secondary N) is 1. The van der Waals surface area contributed by atoms with Crippen molar-refractivity contribution in [2.75, 3.05) is 33.2 Å². The quantitative estimate of drug-likeness (QED) is 0.929. The molecule has 1 aliphatic rings. The highest BCUT2D eigenvalue weighted by molar-refractivity contribution is 7.19. The summed E-state index contributed by atoms with van der Waals surface area (Å²) in [5, 5.41) is 3.71. The number of fused-ring (bicyclic) bond motifs is 1. The lowest BCUT2D eigenvalue weighted by Crippen LogP contribution is -2.51. The molecule has 2 heterocycles. The summed E-state index contributed by atoms with van der Waals surface area (Å²) < 4.78 is 1.38. The van der Waals surface area contributed by atoms with Crippen molar-refractivity contribution in [3.05, 3.63) is 35.2 Å². The molecule has 1 aliphatic heterocycles. The second kappa shape index (κ2) is 5.59. The average molecular weight is 275 g/mol. The van der Waals surface area contributed by atoms with Crippen LogP contribution in [0.1, 0.15) is 17.8 Å². The van der Waals surface area contributed by atoms with E-state index in [1.54, 1.807) is 0 Å². The van der Waals surface area contributed by atoms with Gasteiger partial charge in [0.2, 0.25) is 0 Å². The largest absolute Gasteiger partial charge is 0.304 e. The second-order valence-electron chi connectivity index (χ2n) is 5.33. The Bertz CT molecular complexity index is 510. The van der Waals surface area contributed by atoms with E-state index in [0.29, 0.717) is 6.04 Å². The molecule has 1 aromatic heterocycles. The molecule has 1 atom stereocenters. The minimum absolute atomic E-state index is 0.390. The molecule has 0 radical (unpaired) electrons. The first-order valence-corrected chi connectivity index (χ1v) is 7.72. The Balaban J connectivity index is 1.68. The number of hydrazine groups is 1. The maximum Gasteiger partial charge on any atom is 0.0530 e. The van der Waals surface area contributed by atoms with Crippen LogP contribution in [0.5, 0.6) is 0 Å². The summed E-state index contributed by atoms with van der Waals surface area (Å²) in [5.74, 6) is 0. The molecular formula is C15H21N3S. The van der Waals surface area contributed by atoms with E-state index in [0.717, 1.165) is 26.2 Å². The Morgan fingerprint density at radius 1 is 1.16 bits per heavy atom. The van der Waals surface area contributed by atoms with Gasteiger partial charge in [0.05, 0.1) is 6.04 Å². The van der Waals surface area contributed by atoms with E-state index in [4.69, 9.17) is 0 Å². The Morgan fingerprint density at radius 3 is 2.63 bits per heavy atom. The molecule has 1 aromatic carbocycles. The van der Waals surface area contributed by atoms with E-state index < -0.39 is 0 Å². The van der Waals surface area contributed by atoms with Crippen molar-refractivity contribution in [1.82, 2.24) is 15.3 Å². The molecular weight excluding hydrogens is 254 g/mol. The third kappa shape index (κ3) is 2.98. The molecule has 0 aliphatic carbocycles. The van der Waals surface area contributed by atoms with E-state index in [2.05, 4.69) is 59.6 Å². The van der Waals surface area contributed by atoms with Crippen LogP contribution < -0.4 is 5.43 Å². The van der Waals surface area contributed by atoms with E-state index in [9.17, 15) is 0 Å². The molecule has 3 nitrogen and oxygen atoms in total. The molecule has 19 heavy (non-hydrogen) atoms. The molecule has 0 bridgehead atoms. The minimum atomic E-state index is 0.390. The average Bonchev–Trinajstić information content (AvgIpc) is 2.85. The summed E-state index contributed by atoms with van der Waals surface area (Å²) in [7, 11) is 2.19. The van der Waals surface area contributed by atoms with Crippen LogP contribution >= 0.6 is 11.3 Å². The zero-order valence-electron chi connectivity index (χ0n) is 11.6. The van der Waals surface area contributed by atoms with Crippen LogP contribution in [0.2, 0.25) is 0 Å². The van der Waals surface area contributed by atoms with Crippen molar-refractivity contribution in [3.63, 3.8) is 0 Å². The van der Waals surface area contributed by atoms with Gasteiger partial charge in [0.1, 0.15) is 0 Å². The predicted molar refractivity (Wildman–Crippen MR) is 82.4 cm³/mol. The summed E-state index contributed by atoms with van der Waals surface area (Å²) in [6, 6.07) is 11.3. The Kier molecular flexibility index (Phi) is 3.84. The van der Waals surface area contributed by atoms with Gasteiger partial charge in [0, 0.05) is 35.8 Å². The normalized spacial score (nSPS) is 19.9. The maximum absolute atomic E-state index is 3.63. The predicted octanol–water partition coefficient (Wildman–Crippen LogP) is 2.71. The van der Waals surface area contributed by atoms with E-state index in [1.807, 2.05) is 11.3 Å². The minimum Gasteiger partial charge on any atom is -0.304 e. The van der Waals surface area contributed by atoms with Crippen molar-refractivity contribution in [3.8, 4) is 0 Å². The third-order valence-corrected chi connectivity index (χ3v) is 5.05. The van der Waals surface area contributed by atoms with Crippen molar-refractivity contribution >= 4 is 21.4 Å². The van der Waals surface area contributed by atoms with Gasteiger partial charge >= 0.3 is 0 Å². The molecule has 0 amide bonds. The third-order valence-electron chi connectivity index (χ3n) is 3.75. The monoisotopic (exact) mass is 275 g/mol. The zero-order chi connectivity index (χ0) is 13.2. The van der Waals surface area contributed by atoms with E-state index >= 15 is 0 Å². The summed E-state index contributed by atoms with van der Waals surface area (Å²) in [6.07, 6.45) is 0. The highest BCUT2D eigenvalue weighted by atomic mass is 32.1. The molecule has 1 unspecified atom stereocenters. The van der Waals surface area contributed by atoms with Crippen LogP contribution in [0.25, 0.3) is 10.1 Å². The highest BCUT2D eigenvalue weighted by Crippen LogP contribution is 2.29. The summed E-state index contributed by atoms with van der Waals surface area (Å²) in [6.45, 7) is 6.75. The van der Waals surface area contributed by atoms with Gasteiger partial charge in [0.15, 0.2) is 0 Å². The van der Waals surface area contributed by atoms with Gasteiger partial charge in [-0.05, 0) is 31.5 Å². The van der Waals surface area contributed by atoms with Gasteiger partial charge in [-0.2, -0.15) is 0 Å². The van der Waals surface area contributed by atoms with Gasteiger partial charge in [-0.15, -0.1) is 11.3 Å². The molecule has 3 rings (SSSR count). The number of hydrogen-bond acceptors (Lipinski definition) is 4. The lowest BCUT2D eigenvalue weighted by Gasteiger charge is -2.34. The van der Waals surface area contributed by atoms with E-state index in [1.165, 1.54) is 15.0 Å². The van der Waals surface area contributed by atoms with Gasteiger partial charge in [-0.25, -0.2) is 10.4 Å². The topological polar surface area (TPSA) is 18.5 Å². The van der Waals surface area contributed by atoms with Crippen molar-refractivity contribution in [1.29, 1.82) is 0 Å². The smallest absolute Gasteiger partial charge is 0.0530 e. The fourth-order valence-corrected chi connectivity index (χ4v) is 3.55. The number of rotatable bonds is 3. The van der Waals surface area contributed by atoms with Crippen LogP contribution in [0, 0.1) is 0 Å². The Labute approximate surface area is 118 Å². The fraction of sp³-hybridized carbons (Fsp3) is 0.467. The highest BCUT2D eigenvalue weighted by Gasteiger charge is 2.17. The van der Waals surface area contributed by atoms with Crippen molar-refractivity contribution in [2.24, 2.45) is 0 Å². The van der Waals surface area contributed by atoms with Crippen LogP contribution in [-0.2, 0) is 0 Å². The van der Waals surface area contributed by atoms with Crippen LogP contribution in [0.15, 0.2) is 30.3 Å². The lowest BCUT2D eigenvalue weighted by molar-refractivity contribution is 0.0905. The summed E-state index contributed by atoms with van der Waals surface area (Å²) in [4.78, 5) is 3.79. The first-order valence-electron chi connectivity index (χ1n) is 6.90. The number of nitrogens with zero attached hydrogens (tertiary/aromatic N) is 2. The Morgan fingerprint density at radius 2 is 1.89 bits per heavy atom. The number of likely N-dealkylation sites (N-methyl/N-ethyl adjacent to an activating group) is 1. The molecule has 4 heteroatoms. The number of benzene rings is 1. The van der Waals surface area contributed by atoms with Gasteiger partial charge in [-0.1, -0.05) is 18.2 Å². The molecule has 0 saturated carbocycles. The van der Waals surface area contributed by atoms with Crippen LogP contribution in [-0.4, -0.2) is 43.1 Å². The van der Waals surface area contributed by atoms with Crippen molar-refractivity contribution < 1.29 is 0 Å². The van der Waals surface area contributed by atoms with Crippen LogP contribution in [0.4, 0.5) is 0 Å². The lowest BCUT2D eigenvalue weighted by atomic mass is 10.2. The van der Waals surface area contributed by atoms with E-state index in [-0.39, 0.29) is 0 Å². The Hall–Kier alpha value is -0.940. The number of thiophene rings is 1. The maximum atomic E-state index is 3.63.